The Kier molecular flexibility index (Phi) is 7.96. The minimum atomic E-state index is -0.740. The Bertz CT molecular complexity index is 367. The second-order valence-electron chi connectivity index (χ2n) is 3.73. The molecule has 2 unspecified atom stereocenters. The van der Waals surface area contributed by atoms with Gasteiger partial charge in [0.25, 0.3) is 0 Å². The van der Waals surface area contributed by atoms with Gasteiger partial charge in [0, 0.05) is 12.8 Å². The molecule has 0 aromatic carbocycles. The molecule has 2 atom stereocenters. The van der Waals surface area contributed by atoms with Crippen molar-refractivity contribution in [3.05, 3.63) is 0 Å². The molecule has 0 rings (SSSR count). The summed E-state index contributed by atoms with van der Waals surface area (Å²) < 4.78 is 9.14. The minimum Gasteiger partial charge on any atom is -0.469 e. The van der Waals surface area contributed by atoms with Crippen LogP contribution in [-0.2, 0) is 19.1 Å². The summed E-state index contributed by atoms with van der Waals surface area (Å²) in [6.07, 6.45) is 0.557. The minimum absolute atomic E-state index is 0.0957. The fourth-order valence-electron chi connectivity index (χ4n) is 1.67. The molecule has 0 aromatic rings. The van der Waals surface area contributed by atoms with Crippen LogP contribution in [0, 0.1) is 34.5 Å². The molecule has 0 spiro atoms. The average Bonchev–Trinajstić information content (AvgIpc) is 2.39. The topological polar surface area (TPSA) is 100 Å². The summed E-state index contributed by atoms with van der Waals surface area (Å²) in [7, 11) is 2.45. The third-order valence-corrected chi connectivity index (χ3v) is 2.67. The van der Waals surface area contributed by atoms with E-state index in [9.17, 15) is 9.59 Å². The normalized spacial score (nSPS) is 12.7. The largest absolute Gasteiger partial charge is 0.469 e. The van der Waals surface area contributed by atoms with Crippen molar-refractivity contribution in [3.63, 3.8) is 0 Å². The van der Waals surface area contributed by atoms with Crippen LogP contribution < -0.4 is 0 Å². The van der Waals surface area contributed by atoms with Gasteiger partial charge in [0.05, 0.1) is 38.7 Å². The Hall–Kier alpha value is -2.08. The zero-order valence-corrected chi connectivity index (χ0v) is 10.5. The Balaban J connectivity index is 4.86. The van der Waals surface area contributed by atoms with Gasteiger partial charge in [-0.25, -0.2) is 0 Å². The van der Waals surface area contributed by atoms with E-state index in [2.05, 4.69) is 9.47 Å². The SMILES string of the molecule is COC(=O)CC(C(=O)OC)C(CC#N)CCC#N. The highest BCUT2D eigenvalue weighted by atomic mass is 16.5. The van der Waals surface area contributed by atoms with Gasteiger partial charge < -0.3 is 9.47 Å². The van der Waals surface area contributed by atoms with E-state index in [0.29, 0.717) is 6.42 Å². The molecule has 18 heavy (non-hydrogen) atoms. The van der Waals surface area contributed by atoms with Gasteiger partial charge in [0.2, 0.25) is 0 Å². The first-order valence-corrected chi connectivity index (χ1v) is 5.49. The van der Waals surface area contributed by atoms with Crippen molar-refractivity contribution < 1.29 is 19.1 Å². The van der Waals surface area contributed by atoms with Gasteiger partial charge in [0.1, 0.15) is 0 Å². The average molecular weight is 252 g/mol. The van der Waals surface area contributed by atoms with E-state index in [-0.39, 0.29) is 25.2 Å². The van der Waals surface area contributed by atoms with E-state index in [1.807, 2.05) is 12.1 Å². The Morgan fingerprint density at radius 2 is 1.83 bits per heavy atom. The van der Waals surface area contributed by atoms with Crippen LogP contribution >= 0.6 is 0 Å². The molecule has 0 saturated heterocycles. The monoisotopic (exact) mass is 252 g/mol. The van der Waals surface area contributed by atoms with E-state index in [1.165, 1.54) is 14.2 Å². The maximum atomic E-state index is 11.6. The lowest BCUT2D eigenvalue weighted by molar-refractivity contribution is -0.154. The lowest BCUT2D eigenvalue weighted by Gasteiger charge is -2.21. The molecule has 0 bridgehead atoms. The molecule has 0 N–H and O–H groups in total. The van der Waals surface area contributed by atoms with E-state index in [0.717, 1.165) is 0 Å². The third-order valence-electron chi connectivity index (χ3n) is 2.67. The first-order valence-electron chi connectivity index (χ1n) is 5.49. The van der Waals surface area contributed by atoms with E-state index < -0.39 is 17.9 Å². The number of hydrogen-bond acceptors (Lipinski definition) is 6. The first-order chi connectivity index (χ1) is 8.60. The lowest BCUT2D eigenvalue weighted by atomic mass is 9.84. The summed E-state index contributed by atoms with van der Waals surface area (Å²) in [5, 5.41) is 17.3. The predicted octanol–water partition coefficient (Wildman–Crippen LogP) is 1.17. The van der Waals surface area contributed by atoms with Gasteiger partial charge in [-0.3, -0.25) is 9.59 Å². The van der Waals surface area contributed by atoms with Crippen LogP contribution in [0.5, 0.6) is 0 Å². The number of rotatable bonds is 7. The number of esters is 2. The first kappa shape index (κ1) is 15.9. The molecule has 0 aliphatic heterocycles. The number of carbonyl (C=O) groups excluding carboxylic acids is 2. The number of hydrogen-bond donors (Lipinski definition) is 0. The zero-order chi connectivity index (χ0) is 14.0. The molecule has 0 fully saturated rings. The molecule has 0 aromatic heterocycles. The van der Waals surface area contributed by atoms with E-state index in [1.54, 1.807) is 0 Å². The Labute approximate surface area is 106 Å². The molecule has 6 heteroatoms. The van der Waals surface area contributed by atoms with Crippen LogP contribution in [0.25, 0.3) is 0 Å². The van der Waals surface area contributed by atoms with Gasteiger partial charge >= 0.3 is 11.9 Å². The fourth-order valence-corrected chi connectivity index (χ4v) is 1.67. The number of ether oxygens (including phenoxy) is 2. The lowest BCUT2D eigenvalue weighted by Crippen LogP contribution is -2.28. The highest BCUT2D eigenvalue weighted by molar-refractivity contribution is 5.80. The summed E-state index contributed by atoms with van der Waals surface area (Å²) in [4.78, 5) is 22.9. The smallest absolute Gasteiger partial charge is 0.309 e. The van der Waals surface area contributed by atoms with Crippen LogP contribution in [-0.4, -0.2) is 26.2 Å². The fraction of sp³-hybridized carbons (Fsp3) is 0.667. The van der Waals surface area contributed by atoms with Crippen LogP contribution in [0.3, 0.4) is 0 Å². The van der Waals surface area contributed by atoms with Gasteiger partial charge in [-0.05, 0) is 12.3 Å². The summed E-state index contributed by atoms with van der Waals surface area (Å²) in [5.41, 5.74) is 0. The standard InChI is InChI=1S/C12H16N2O4/c1-17-11(15)8-10(12(16)18-2)9(5-7-14)4-3-6-13/h9-10H,3-5,8H2,1-2H3. The molecule has 0 amide bonds. The molecule has 0 aliphatic carbocycles. The van der Waals surface area contributed by atoms with Crippen LogP contribution in [0.1, 0.15) is 25.7 Å². The van der Waals surface area contributed by atoms with E-state index in [4.69, 9.17) is 10.5 Å². The highest BCUT2D eigenvalue weighted by Crippen LogP contribution is 2.25. The summed E-state index contributed by atoms with van der Waals surface area (Å²) in [6.45, 7) is 0. The molecule has 6 nitrogen and oxygen atoms in total. The Morgan fingerprint density at radius 1 is 1.17 bits per heavy atom. The molecular weight excluding hydrogens is 236 g/mol. The van der Waals surface area contributed by atoms with Crippen molar-refractivity contribution in [1.29, 1.82) is 10.5 Å². The predicted molar refractivity (Wildman–Crippen MR) is 60.7 cm³/mol. The maximum Gasteiger partial charge on any atom is 0.309 e. The molecule has 98 valence electrons. The van der Waals surface area contributed by atoms with Crippen molar-refractivity contribution >= 4 is 11.9 Å². The number of carbonyl (C=O) groups is 2. The van der Waals surface area contributed by atoms with E-state index >= 15 is 0 Å². The van der Waals surface area contributed by atoms with Gasteiger partial charge in [0.15, 0.2) is 0 Å². The summed E-state index contributed by atoms with van der Waals surface area (Å²) in [5.74, 6) is -2.21. The second kappa shape index (κ2) is 9.00. The number of methoxy groups -OCH3 is 2. The van der Waals surface area contributed by atoms with Crippen molar-refractivity contribution in [2.45, 2.75) is 25.7 Å². The summed E-state index contributed by atoms with van der Waals surface area (Å²) in [6, 6.07) is 3.92. The van der Waals surface area contributed by atoms with Gasteiger partial charge in [-0.15, -0.1) is 0 Å². The van der Waals surface area contributed by atoms with Gasteiger partial charge in [-0.1, -0.05) is 0 Å². The third kappa shape index (κ3) is 5.31. The second-order valence-corrected chi connectivity index (χ2v) is 3.73. The Morgan fingerprint density at radius 3 is 2.28 bits per heavy atom. The molecule has 0 radical (unpaired) electrons. The number of nitrogens with zero attached hydrogens (tertiary/aromatic N) is 2. The molecule has 0 aliphatic rings. The van der Waals surface area contributed by atoms with Crippen LogP contribution in [0.15, 0.2) is 0 Å². The maximum absolute atomic E-state index is 11.6. The van der Waals surface area contributed by atoms with Crippen molar-refractivity contribution in [1.82, 2.24) is 0 Å². The molecular formula is C12H16N2O4. The number of nitriles is 2. The van der Waals surface area contributed by atoms with Crippen molar-refractivity contribution in [2.75, 3.05) is 14.2 Å². The quantitative estimate of drug-likeness (QED) is 0.630. The molecule has 0 heterocycles. The van der Waals surface area contributed by atoms with Crippen molar-refractivity contribution in [3.8, 4) is 12.1 Å². The van der Waals surface area contributed by atoms with Crippen LogP contribution in [0.2, 0.25) is 0 Å². The van der Waals surface area contributed by atoms with Gasteiger partial charge in [-0.2, -0.15) is 10.5 Å². The van der Waals surface area contributed by atoms with Crippen LogP contribution in [0.4, 0.5) is 0 Å². The summed E-state index contributed by atoms with van der Waals surface area (Å²) >= 11 is 0. The molecule has 0 saturated carbocycles. The van der Waals surface area contributed by atoms with Crippen molar-refractivity contribution in [2.24, 2.45) is 11.8 Å². The zero-order valence-electron chi connectivity index (χ0n) is 10.5. The highest BCUT2D eigenvalue weighted by Gasteiger charge is 2.31.